The van der Waals surface area contributed by atoms with Crippen LogP contribution in [-0.4, -0.2) is 27.6 Å². The van der Waals surface area contributed by atoms with Gasteiger partial charge >= 0.3 is 5.97 Å². The SMILES string of the molecule is O=C1C[C@H](C(=O)NCc2nc(-c3ccccc3F)no2)C2(CCCC2)O1. The molecule has 26 heavy (non-hydrogen) atoms. The van der Waals surface area contributed by atoms with E-state index < -0.39 is 17.3 Å². The highest BCUT2D eigenvalue weighted by molar-refractivity contribution is 5.87. The molecule has 4 rings (SSSR count). The predicted molar refractivity (Wildman–Crippen MR) is 86.9 cm³/mol. The van der Waals surface area contributed by atoms with Crippen molar-refractivity contribution in [2.24, 2.45) is 5.92 Å². The molecule has 1 aromatic heterocycles. The highest BCUT2D eigenvalue weighted by Gasteiger charge is 2.53. The largest absolute Gasteiger partial charge is 0.458 e. The fraction of sp³-hybridized carbons (Fsp3) is 0.444. The summed E-state index contributed by atoms with van der Waals surface area (Å²) in [5.74, 6) is -1.24. The molecule has 1 N–H and O–H groups in total. The van der Waals surface area contributed by atoms with Gasteiger partial charge in [0, 0.05) is 0 Å². The maximum atomic E-state index is 13.8. The zero-order valence-electron chi connectivity index (χ0n) is 14.0. The smallest absolute Gasteiger partial charge is 0.307 e. The fourth-order valence-electron chi connectivity index (χ4n) is 3.81. The minimum atomic E-state index is -0.658. The van der Waals surface area contributed by atoms with Crippen LogP contribution in [0.4, 0.5) is 4.39 Å². The summed E-state index contributed by atoms with van der Waals surface area (Å²) in [6.45, 7) is 0.0149. The Hall–Kier alpha value is -2.77. The zero-order valence-corrected chi connectivity index (χ0v) is 14.0. The molecule has 1 amide bonds. The molecule has 1 spiro atoms. The first kappa shape index (κ1) is 16.7. The number of hydrogen-bond acceptors (Lipinski definition) is 6. The Bertz CT molecular complexity index is 844. The van der Waals surface area contributed by atoms with E-state index in [4.69, 9.17) is 9.26 Å². The van der Waals surface area contributed by atoms with Gasteiger partial charge in [0.05, 0.1) is 24.4 Å². The van der Waals surface area contributed by atoms with Crippen LogP contribution >= 0.6 is 0 Å². The monoisotopic (exact) mass is 359 g/mol. The van der Waals surface area contributed by atoms with Gasteiger partial charge in [-0.3, -0.25) is 9.59 Å². The summed E-state index contributed by atoms with van der Waals surface area (Å²) < 4.78 is 24.3. The third-order valence-electron chi connectivity index (χ3n) is 5.09. The van der Waals surface area contributed by atoms with Gasteiger partial charge in [-0.2, -0.15) is 4.98 Å². The Morgan fingerprint density at radius 2 is 2.08 bits per heavy atom. The number of carbonyl (C=O) groups excluding carboxylic acids is 2. The number of ether oxygens (including phenoxy) is 1. The van der Waals surface area contributed by atoms with Gasteiger partial charge in [0.1, 0.15) is 11.4 Å². The summed E-state index contributed by atoms with van der Waals surface area (Å²) in [6, 6.07) is 6.11. The summed E-state index contributed by atoms with van der Waals surface area (Å²) in [7, 11) is 0. The lowest BCUT2D eigenvalue weighted by atomic mass is 9.85. The molecule has 7 nitrogen and oxygen atoms in total. The van der Waals surface area contributed by atoms with Crippen molar-refractivity contribution < 1.29 is 23.2 Å². The number of nitrogens with zero attached hydrogens (tertiary/aromatic N) is 2. The average Bonchev–Trinajstić information content (AvgIpc) is 3.34. The molecule has 1 aromatic carbocycles. The number of nitrogens with one attached hydrogen (secondary N) is 1. The standard InChI is InChI=1S/C18H18FN3O4/c19-13-6-2-1-5-11(13)16-21-14(26-22-16)10-20-17(24)12-9-15(23)25-18(12)7-3-4-8-18/h1-2,5-6,12H,3-4,7-10H2,(H,20,24)/t12-/m1/s1. The first-order valence-corrected chi connectivity index (χ1v) is 8.64. The van der Waals surface area contributed by atoms with E-state index in [2.05, 4.69) is 15.5 Å². The predicted octanol–water partition coefficient (Wildman–Crippen LogP) is 2.37. The Morgan fingerprint density at radius 1 is 1.31 bits per heavy atom. The Labute approximate surface area is 148 Å². The van der Waals surface area contributed by atoms with Crippen LogP contribution in [0, 0.1) is 11.7 Å². The molecule has 1 aliphatic heterocycles. The van der Waals surface area contributed by atoms with Crippen LogP contribution in [0.2, 0.25) is 0 Å². The number of carbonyl (C=O) groups is 2. The Balaban J connectivity index is 1.42. The normalized spacial score (nSPS) is 21.1. The number of halogens is 1. The highest BCUT2D eigenvalue weighted by atomic mass is 19.1. The van der Waals surface area contributed by atoms with E-state index in [0.717, 1.165) is 25.7 Å². The second-order valence-electron chi connectivity index (χ2n) is 6.71. The average molecular weight is 359 g/mol. The fourth-order valence-corrected chi connectivity index (χ4v) is 3.81. The molecule has 1 saturated heterocycles. The number of aromatic nitrogens is 2. The number of amides is 1. The molecule has 2 aromatic rings. The van der Waals surface area contributed by atoms with Gasteiger partial charge in [0.2, 0.25) is 17.6 Å². The maximum Gasteiger partial charge on any atom is 0.307 e. The summed E-state index contributed by atoms with van der Waals surface area (Å²) in [5, 5.41) is 6.48. The quantitative estimate of drug-likeness (QED) is 0.842. The van der Waals surface area contributed by atoms with Crippen molar-refractivity contribution in [1.29, 1.82) is 0 Å². The molecule has 0 radical (unpaired) electrons. The molecule has 1 saturated carbocycles. The Morgan fingerprint density at radius 3 is 2.85 bits per heavy atom. The van der Waals surface area contributed by atoms with Crippen LogP contribution in [0.25, 0.3) is 11.4 Å². The van der Waals surface area contributed by atoms with Gasteiger partial charge in [0.15, 0.2) is 0 Å². The molecule has 1 aliphatic carbocycles. The van der Waals surface area contributed by atoms with Crippen LogP contribution in [-0.2, 0) is 20.9 Å². The van der Waals surface area contributed by atoms with Crippen molar-refractivity contribution in [3.8, 4) is 11.4 Å². The van der Waals surface area contributed by atoms with E-state index in [1.807, 2.05) is 0 Å². The summed E-state index contributed by atoms with van der Waals surface area (Å²) in [6.07, 6.45) is 3.43. The lowest BCUT2D eigenvalue weighted by molar-refractivity contribution is -0.150. The molecule has 2 aliphatic rings. The van der Waals surface area contributed by atoms with Gasteiger partial charge in [0.25, 0.3) is 0 Å². The topological polar surface area (TPSA) is 94.3 Å². The molecule has 136 valence electrons. The van der Waals surface area contributed by atoms with E-state index in [1.54, 1.807) is 18.2 Å². The van der Waals surface area contributed by atoms with Gasteiger partial charge in [-0.05, 0) is 37.8 Å². The molecular formula is C18H18FN3O4. The number of rotatable bonds is 4. The van der Waals surface area contributed by atoms with E-state index in [-0.39, 0.29) is 42.1 Å². The van der Waals surface area contributed by atoms with Crippen molar-refractivity contribution in [3.05, 3.63) is 36.0 Å². The van der Waals surface area contributed by atoms with Crippen molar-refractivity contribution in [1.82, 2.24) is 15.5 Å². The van der Waals surface area contributed by atoms with E-state index in [9.17, 15) is 14.0 Å². The zero-order chi connectivity index (χ0) is 18.1. The van der Waals surface area contributed by atoms with Gasteiger partial charge in [-0.1, -0.05) is 17.3 Å². The van der Waals surface area contributed by atoms with E-state index in [0.29, 0.717) is 0 Å². The summed E-state index contributed by atoms with van der Waals surface area (Å²) in [5.41, 5.74) is -0.428. The van der Waals surface area contributed by atoms with Crippen LogP contribution in [0.3, 0.4) is 0 Å². The number of esters is 1. The van der Waals surface area contributed by atoms with Crippen LogP contribution in [0.15, 0.2) is 28.8 Å². The number of benzene rings is 1. The molecule has 0 bridgehead atoms. The third-order valence-corrected chi connectivity index (χ3v) is 5.09. The highest BCUT2D eigenvalue weighted by Crippen LogP contribution is 2.45. The van der Waals surface area contributed by atoms with Crippen molar-refractivity contribution in [2.75, 3.05) is 0 Å². The van der Waals surface area contributed by atoms with Crippen LogP contribution in [0.1, 0.15) is 38.0 Å². The van der Waals surface area contributed by atoms with Crippen molar-refractivity contribution >= 4 is 11.9 Å². The lowest BCUT2D eigenvalue weighted by Crippen LogP contribution is -2.42. The Kier molecular flexibility index (Phi) is 4.18. The molecule has 2 heterocycles. The first-order chi connectivity index (χ1) is 12.6. The van der Waals surface area contributed by atoms with Crippen molar-refractivity contribution in [2.45, 2.75) is 44.2 Å². The van der Waals surface area contributed by atoms with Gasteiger partial charge in [-0.15, -0.1) is 0 Å². The molecule has 0 unspecified atom stereocenters. The van der Waals surface area contributed by atoms with Gasteiger partial charge < -0.3 is 14.6 Å². The molecular weight excluding hydrogens is 341 g/mol. The summed E-state index contributed by atoms with van der Waals surface area (Å²) >= 11 is 0. The molecule has 8 heteroatoms. The van der Waals surface area contributed by atoms with E-state index in [1.165, 1.54) is 6.07 Å². The maximum absolute atomic E-state index is 13.8. The number of hydrogen-bond donors (Lipinski definition) is 1. The second-order valence-corrected chi connectivity index (χ2v) is 6.71. The van der Waals surface area contributed by atoms with Crippen LogP contribution in [0.5, 0.6) is 0 Å². The van der Waals surface area contributed by atoms with Gasteiger partial charge in [-0.25, -0.2) is 4.39 Å². The molecule has 1 atom stereocenters. The minimum absolute atomic E-state index is 0.0149. The van der Waals surface area contributed by atoms with E-state index >= 15 is 0 Å². The summed E-state index contributed by atoms with van der Waals surface area (Å²) in [4.78, 5) is 28.4. The first-order valence-electron chi connectivity index (χ1n) is 8.64. The van der Waals surface area contributed by atoms with Crippen LogP contribution < -0.4 is 5.32 Å². The second kappa shape index (κ2) is 6.51. The lowest BCUT2D eigenvalue weighted by Gasteiger charge is -2.27. The van der Waals surface area contributed by atoms with Crippen molar-refractivity contribution in [3.63, 3.8) is 0 Å². The minimum Gasteiger partial charge on any atom is -0.458 e. The molecule has 2 fully saturated rings. The third kappa shape index (κ3) is 2.95.